The molecule has 3 nitrogen and oxygen atoms in total. The van der Waals surface area contributed by atoms with E-state index in [1.54, 1.807) is 12.3 Å². The third-order valence-corrected chi connectivity index (χ3v) is 3.52. The summed E-state index contributed by atoms with van der Waals surface area (Å²) >= 11 is 5.85. The summed E-state index contributed by atoms with van der Waals surface area (Å²) in [5.41, 5.74) is 6.61. The predicted octanol–water partition coefficient (Wildman–Crippen LogP) is 3.09. The Morgan fingerprint density at radius 2 is 2.06 bits per heavy atom. The van der Waals surface area contributed by atoms with Crippen molar-refractivity contribution < 1.29 is 0 Å². The molecule has 2 rings (SSSR count). The van der Waals surface area contributed by atoms with E-state index in [4.69, 9.17) is 17.3 Å². The Hall–Kier alpha value is -0.960. The molecule has 1 aliphatic carbocycles. The lowest BCUT2D eigenvalue weighted by molar-refractivity contribution is 0.426. The van der Waals surface area contributed by atoms with Crippen LogP contribution in [0.15, 0.2) is 12.3 Å². The fraction of sp³-hybridized carbons (Fsp3) is 0.583. The summed E-state index contributed by atoms with van der Waals surface area (Å²) in [6, 6.07) is 2.34. The van der Waals surface area contributed by atoms with Crippen molar-refractivity contribution in [3.63, 3.8) is 0 Å². The van der Waals surface area contributed by atoms with Crippen LogP contribution >= 0.6 is 11.6 Å². The van der Waals surface area contributed by atoms with Crippen LogP contribution in [0.5, 0.6) is 0 Å². The molecule has 1 aromatic heterocycles. The molecule has 1 saturated carbocycles. The van der Waals surface area contributed by atoms with Crippen molar-refractivity contribution in [3.05, 3.63) is 17.3 Å². The van der Waals surface area contributed by atoms with Gasteiger partial charge < -0.3 is 10.6 Å². The van der Waals surface area contributed by atoms with Crippen LogP contribution in [-0.2, 0) is 0 Å². The molecule has 88 valence electrons. The molecule has 0 bridgehead atoms. The normalized spacial score (nSPS) is 17.4. The number of hydrogen-bond donors (Lipinski definition) is 1. The average Bonchev–Trinajstić information content (AvgIpc) is 2.29. The second kappa shape index (κ2) is 4.91. The number of halogens is 1. The number of nitrogens with two attached hydrogens (primary N) is 1. The highest BCUT2D eigenvalue weighted by Gasteiger charge is 2.20. The van der Waals surface area contributed by atoms with Crippen molar-refractivity contribution in [1.82, 2.24) is 4.98 Å². The third-order valence-electron chi connectivity index (χ3n) is 3.32. The lowest BCUT2D eigenvalue weighted by Crippen LogP contribution is -2.34. The molecule has 0 unspecified atom stereocenters. The van der Waals surface area contributed by atoms with Crippen molar-refractivity contribution in [2.45, 2.75) is 38.1 Å². The molecule has 0 saturated heterocycles. The predicted molar refractivity (Wildman–Crippen MR) is 68.9 cm³/mol. The molecule has 1 aliphatic rings. The number of nitrogens with zero attached hydrogens (tertiary/aromatic N) is 2. The van der Waals surface area contributed by atoms with Gasteiger partial charge in [0.05, 0.1) is 10.7 Å². The fourth-order valence-electron chi connectivity index (χ4n) is 2.38. The quantitative estimate of drug-likeness (QED) is 0.863. The maximum atomic E-state index is 5.94. The summed E-state index contributed by atoms with van der Waals surface area (Å²) in [4.78, 5) is 6.52. The van der Waals surface area contributed by atoms with Crippen LogP contribution in [0, 0.1) is 0 Å². The summed E-state index contributed by atoms with van der Waals surface area (Å²) in [6.45, 7) is 0. The Morgan fingerprint density at radius 1 is 1.38 bits per heavy atom. The van der Waals surface area contributed by atoms with Crippen LogP contribution in [0.3, 0.4) is 0 Å². The van der Waals surface area contributed by atoms with Gasteiger partial charge in [-0.1, -0.05) is 30.9 Å². The first-order chi connectivity index (χ1) is 7.68. The first-order valence-corrected chi connectivity index (χ1v) is 6.20. The highest BCUT2D eigenvalue weighted by Crippen LogP contribution is 2.29. The molecule has 0 amide bonds. The zero-order valence-corrected chi connectivity index (χ0v) is 10.4. The molecule has 16 heavy (non-hydrogen) atoms. The van der Waals surface area contributed by atoms with Gasteiger partial charge in [-0.05, 0) is 18.9 Å². The minimum atomic E-state index is 0.574. The standard InChI is InChI=1S/C12H18ClN3/c1-16(10-5-3-2-4-6-10)12-11(14)7-9(13)8-15-12/h7-8,10H,2-6,14H2,1H3. The lowest BCUT2D eigenvalue weighted by atomic mass is 9.94. The SMILES string of the molecule is CN(c1ncc(Cl)cc1N)C1CCCCC1. The number of pyridine rings is 1. The highest BCUT2D eigenvalue weighted by atomic mass is 35.5. The fourth-order valence-corrected chi connectivity index (χ4v) is 2.55. The maximum absolute atomic E-state index is 5.94. The van der Waals surface area contributed by atoms with E-state index in [2.05, 4.69) is 16.9 Å². The number of aromatic nitrogens is 1. The van der Waals surface area contributed by atoms with Crippen LogP contribution < -0.4 is 10.6 Å². The third kappa shape index (κ3) is 2.40. The van der Waals surface area contributed by atoms with Crippen LogP contribution in [0.1, 0.15) is 32.1 Å². The van der Waals surface area contributed by atoms with Gasteiger partial charge in [0.2, 0.25) is 0 Å². The Labute approximate surface area is 102 Å². The number of rotatable bonds is 2. The van der Waals surface area contributed by atoms with Crippen molar-refractivity contribution in [1.29, 1.82) is 0 Å². The topological polar surface area (TPSA) is 42.2 Å². The van der Waals surface area contributed by atoms with Gasteiger partial charge in [0.15, 0.2) is 5.82 Å². The number of nitrogen functional groups attached to an aromatic ring is 1. The minimum absolute atomic E-state index is 0.574. The van der Waals surface area contributed by atoms with Gasteiger partial charge in [-0.25, -0.2) is 4.98 Å². The molecule has 2 N–H and O–H groups in total. The van der Waals surface area contributed by atoms with Crippen molar-refractivity contribution in [3.8, 4) is 0 Å². The van der Waals surface area contributed by atoms with Gasteiger partial charge in [0.1, 0.15) is 0 Å². The van der Waals surface area contributed by atoms with Gasteiger partial charge in [-0.3, -0.25) is 0 Å². The van der Waals surface area contributed by atoms with Crippen LogP contribution in [0.2, 0.25) is 5.02 Å². The smallest absolute Gasteiger partial charge is 0.151 e. The van der Waals surface area contributed by atoms with E-state index in [0.717, 1.165) is 5.82 Å². The van der Waals surface area contributed by atoms with E-state index >= 15 is 0 Å². The Bertz CT molecular complexity index is 361. The molecule has 0 spiro atoms. The molecular weight excluding hydrogens is 222 g/mol. The zero-order chi connectivity index (χ0) is 11.5. The maximum Gasteiger partial charge on any atom is 0.151 e. The molecule has 0 radical (unpaired) electrons. The highest BCUT2D eigenvalue weighted by molar-refractivity contribution is 6.30. The van der Waals surface area contributed by atoms with E-state index < -0.39 is 0 Å². The molecular formula is C12H18ClN3. The molecule has 0 atom stereocenters. The Kier molecular flexibility index (Phi) is 3.54. The van der Waals surface area contributed by atoms with Gasteiger partial charge in [-0.15, -0.1) is 0 Å². The first kappa shape index (κ1) is 11.5. The van der Waals surface area contributed by atoms with Crippen LogP contribution in [0.4, 0.5) is 11.5 Å². The molecule has 1 heterocycles. The van der Waals surface area contributed by atoms with E-state index in [9.17, 15) is 0 Å². The van der Waals surface area contributed by atoms with E-state index in [1.807, 2.05) is 0 Å². The summed E-state index contributed by atoms with van der Waals surface area (Å²) in [5.74, 6) is 0.858. The number of hydrogen-bond acceptors (Lipinski definition) is 3. The second-order valence-electron chi connectivity index (χ2n) is 4.47. The van der Waals surface area contributed by atoms with Crippen LogP contribution in [0.25, 0.3) is 0 Å². The van der Waals surface area contributed by atoms with Gasteiger partial charge in [-0.2, -0.15) is 0 Å². The van der Waals surface area contributed by atoms with E-state index in [0.29, 0.717) is 16.8 Å². The molecule has 0 aromatic carbocycles. The monoisotopic (exact) mass is 239 g/mol. The largest absolute Gasteiger partial charge is 0.396 e. The van der Waals surface area contributed by atoms with Crippen molar-refractivity contribution in [2.24, 2.45) is 0 Å². The summed E-state index contributed by atoms with van der Waals surface area (Å²) in [6.07, 6.45) is 8.10. The van der Waals surface area contributed by atoms with Gasteiger partial charge in [0.25, 0.3) is 0 Å². The molecule has 1 fully saturated rings. The minimum Gasteiger partial charge on any atom is -0.396 e. The molecule has 4 heteroatoms. The number of anilines is 2. The van der Waals surface area contributed by atoms with Crippen molar-refractivity contribution >= 4 is 23.1 Å². The van der Waals surface area contributed by atoms with Gasteiger partial charge in [0, 0.05) is 19.3 Å². The van der Waals surface area contributed by atoms with Gasteiger partial charge >= 0.3 is 0 Å². The summed E-state index contributed by atoms with van der Waals surface area (Å²) in [5, 5.41) is 0.596. The Morgan fingerprint density at radius 3 is 2.69 bits per heavy atom. The van der Waals surface area contributed by atoms with Crippen LogP contribution in [-0.4, -0.2) is 18.1 Å². The first-order valence-electron chi connectivity index (χ1n) is 5.82. The Balaban J connectivity index is 2.15. The summed E-state index contributed by atoms with van der Waals surface area (Å²) < 4.78 is 0. The van der Waals surface area contributed by atoms with E-state index in [-0.39, 0.29) is 0 Å². The molecule has 0 aliphatic heterocycles. The van der Waals surface area contributed by atoms with Crippen molar-refractivity contribution in [2.75, 3.05) is 17.7 Å². The summed E-state index contributed by atoms with van der Waals surface area (Å²) in [7, 11) is 2.07. The second-order valence-corrected chi connectivity index (χ2v) is 4.91. The zero-order valence-electron chi connectivity index (χ0n) is 9.62. The average molecular weight is 240 g/mol. The lowest BCUT2D eigenvalue weighted by Gasteiger charge is -2.32. The van der Waals surface area contributed by atoms with E-state index in [1.165, 1.54) is 32.1 Å². The molecule has 1 aromatic rings.